The number of aryl methyl sites for hydroxylation is 2. The van der Waals surface area contributed by atoms with Gasteiger partial charge in [-0.3, -0.25) is 13.9 Å². The summed E-state index contributed by atoms with van der Waals surface area (Å²) in [7, 11) is 3.38. The monoisotopic (exact) mass is 395 g/mol. The Labute approximate surface area is 168 Å². The molecule has 1 unspecified atom stereocenters. The number of hydrogen-bond acceptors (Lipinski definition) is 3. The molecular weight excluding hydrogens is 370 g/mol. The summed E-state index contributed by atoms with van der Waals surface area (Å²) in [4.78, 5) is 37.2. The molecule has 0 fully saturated rings. The van der Waals surface area contributed by atoms with Gasteiger partial charge < -0.3 is 16.0 Å². The number of nitrogens with zero attached hydrogens (tertiary/aromatic N) is 2. The summed E-state index contributed by atoms with van der Waals surface area (Å²) in [6, 6.07) is 13.1. The van der Waals surface area contributed by atoms with Gasteiger partial charge in [0.15, 0.2) is 0 Å². The van der Waals surface area contributed by atoms with E-state index in [1.165, 1.54) is 4.57 Å². The Morgan fingerprint density at radius 2 is 1.52 bits per heavy atom. The minimum Gasteiger partial charge on any atom is -0.326 e. The zero-order valence-electron chi connectivity index (χ0n) is 16.9. The van der Waals surface area contributed by atoms with Crippen LogP contribution in [0.25, 0.3) is 11.0 Å². The predicted molar refractivity (Wildman–Crippen MR) is 114 cm³/mol. The molecule has 0 aliphatic rings. The quantitative estimate of drug-likeness (QED) is 0.620. The molecule has 0 bridgehead atoms. The van der Waals surface area contributed by atoms with Gasteiger partial charge >= 0.3 is 11.7 Å². The number of para-hydroxylation sites is 1. The number of nitrogens with one attached hydrogen (secondary N) is 3. The van der Waals surface area contributed by atoms with Crippen LogP contribution in [0.1, 0.15) is 13.8 Å². The van der Waals surface area contributed by atoms with Crippen LogP contribution in [0.5, 0.6) is 0 Å². The first-order valence-electron chi connectivity index (χ1n) is 9.37. The zero-order valence-corrected chi connectivity index (χ0v) is 16.9. The van der Waals surface area contributed by atoms with Gasteiger partial charge in [-0.25, -0.2) is 9.59 Å². The number of aromatic nitrogens is 2. The van der Waals surface area contributed by atoms with E-state index < -0.39 is 12.1 Å². The highest BCUT2D eigenvalue weighted by Gasteiger charge is 2.24. The summed E-state index contributed by atoms with van der Waals surface area (Å²) >= 11 is 0. The Bertz CT molecular complexity index is 1100. The van der Waals surface area contributed by atoms with Crippen molar-refractivity contribution >= 4 is 34.3 Å². The van der Waals surface area contributed by atoms with Crippen LogP contribution < -0.4 is 21.6 Å². The van der Waals surface area contributed by atoms with E-state index in [-0.39, 0.29) is 17.5 Å². The molecule has 1 aromatic heterocycles. The maximum atomic E-state index is 12.8. The Balaban J connectivity index is 1.74. The van der Waals surface area contributed by atoms with Crippen molar-refractivity contribution in [2.45, 2.75) is 19.9 Å². The molecule has 3 N–H and O–H groups in total. The predicted octanol–water partition coefficient (Wildman–Crippen LogP) is 2.66. The standard InChI is InChI=1S/C21H25N5O3/c1-13(2)18(24-20(28)23-14-8-6-5-7-9-14)19(27)22-15-10-11-16-17(12-15)26(4)21(29)25(16)3/h5-13,18H,1-4H3,(H,22,27)(H2,23,24,28). The van der Waals surface area contributed by atoms with Crippen LogP contribution in [0.4, 0.5) is 16.2 Å². The van der Waals surface area contributed by atoms with E-state index in [1.54, 1.807) is 49.0 Å². The van der Waals surface area contributed by atoms with E-state index in [4.69, 9.17) is 0 Å². The van der Waals surface area contributed by atoms with Gasteiger partial charge in [-0.15, -0.1) is 0 Å². The minimum absolute atomic E-state index is 0.124. The molecule has 8 heteroatoms. The maximum absolute atomic E-state index is 12.8. The minimum atomic E-state index is -0.728. The van der Waals surface area contributed by atoms with Crippen molar-refractivity contribution < 1.29 is 9.59 Å². The molecule has 3 amide bonds. The van der Waals surface area contributed by atoms with Gasteiger partial charge in [-0.1, -0.05) is 32.0 Å². The Morgan fingerprint density at radius 1 is 0.862 bits per heavy atom. The number of urea groups is 1. The summed E-state index contributed by atoms with van der Waals surface area (Å²) in [6.45, 7) is 3.72. The topological polar surface area (TPSA) is 97.2 Å². The summed E-state index contributed by atoms with van der Waals surface area (Å²) < 4.78 is 3.07. The number of fused-ring (bicyclic) bond motifs is 1. The Hall–Kier alpha value is -3.55. The number of rotatable bonds is 5. The van der Waals surface area contributed by atoms with Crippen LogP contribution in [0, 0.1) is 5.92 Å². The average molecular weight is 395 g/mol. The number of imidazole rings is 1. The maximum Gasteiger partial charge on any atom is 0.328 e. The number of benzene rings is 2. The molecule has 2 aromatic carbocycles. The highest BCUT2D eigenvalue weighted by molar-refractivity contribution is 6.00. The number of carbonyl (C=O) groups excluding carboxylic acids is 2. The molecule has 8 nitrogen and oxygen atoms in total. The normalized spacial score (nSPS) is 12.0. The molecule has 0 saturated carbocycles. The highest BCUT2D eigenvalue weighted by Crippen LogP contribution is 2.18. The van der Waals surface area contributed by atoms with Crippen molar-refractivity contribution in [2.75, 3.05) is 10.6 Å². The van der Waals surface area contributed by atoms with Crippen molar-refractivity contribution in [1.29, 1.82) is 0 Å². The second-order valence-corrected chi connectivity index (χ2v) is 7.28. The SMILES string of the molecule is CC(C)C(NC(=O)Nc1ccccc1)C(=O)Nc1ccc2c(c1)n(C)c(=O)n2C. The summed E-state index contributed by atoms with van der Waals surface area (Å²) in [5, 5.41) is 8.28. The van der Waals surface area contributed by atoms with Crippen LogP contribution >= 0.6 is 0 Å². The smallest absolute Gasteiger partial charge is 0.326 e. The van der Waals surface area contributed by atoms with Crippen molar-refractivity contribution in [3.63, 3.8) is 0 Å². The molecule has 1 heterocycles. The van der Waals surface area contributed by atoms with Crippen LogP contribution in [0.15, 0.2) is 53.3 Å². The van der Waals surface area contributed by atoms with E-state index >= 15 is 0 Å². The van der Waals surface area contributed by atoms with Gasteiger partial charge in [0.1, 0.15) is 6.04 Å². The summed E-state index contributed by atoms with van der Waals surface area (Å²) in [5.41, 5.74) is 2.55. The Kier molecular flexibility index (Phi) is 5.72. The lowest BCUT2D eigenvalue weighted by Gasteiger charge is -2.22. The first-order chi connectivity index (χ1) is 13.8. The van der Waals surface area contributed by atoms with Crippen LogP contribution in [-0.2, 0) is 18.9 Å². The molecule has 0 radical (unpaired) electrons. The van der Waals surface area contributed by atoms with Gasteiger partial charge in [0.25, 0.3) is 0 Å². The van der Waals surface area contributed by atoms with Crippen LogP contribution in [0.2, 0.25) is 0 Å². The molecule has 1 atom stereocenters. The van der Waals surface area contributed by atoms with E-state index in [0.717, 1.165) is 5.52 Å². The first kappa shape index (κ1) is 20.2. The zero-order chi connectivity index (χ0) is 21.1. The van der Waals surface area contributed by atoms with Gasteiger partial charge in [0, 0.05) is 25.5 Å². The molecule has 152 valence electrons. The molecule has 29 heavy (non-hydrogen) atoms. The highest BCUT2D eigenvalue weighted by atomic mass is 16.2. The average Bonchev–Trinajstić information content (AvgIpc) is 2.90. The number of carbonyl (C=O) groups is 2. The molecule has 3 aromatic rings. The third-order valence-corrected chi connectivity index (χ3v) is 4.81. The van der Waals surface area contributed by atoms with E-state index in [2.05, 4.69) is 16.0 Å². The van der Waals surface area contributed by atoms with E-state index in [9.17, 15) is 14.4 Å². The van der Waals surface area contributed by atoms with Crippen LogP contribution in [0.3, 0.4) is 0 Å². The van der Waals surface area contributed by atoms with Gasteiger partial charge in [-0.2, -0.15) is 0 Å². The lowest BCUT2D eigenvalue weighted by atomic mass is 10.0. The second-order valence-electron chi connectivity index (χ2n) is 7.28. The molecule has 3 rings (SSSR count). The van der Waals surface area contributed by atoms with Crippen molar-refractivity contribution in [3.05, 3.63) is 59.0 Å². The molecule has 0 aliphatic heterocycles. The first-order valence-corrected chi connectivity index (χ1v) is 9.37. The summed E-state index contributed by atoms with van der Waals surface area (Å²) in [5.74, 6) is -0.454. The van der Waals surface area contributed by atoms with Crippen molar-refractivity contribution in [1.82, 2.24) is 14.5 Å². The fourth-order valence-electron chi connectivity index (χ4n) is 3.17. The second kappa shape index (κ2) is 8.22. The third kappa shape index (κ3) is 4.31. The fraction of sp³-hybridized carbons (Fsp3) is 0.286. The largest absolute Gasteiger partial charge is 0.328 e. The number of hydrogen-bond donors (Lipinski definition) is 3. The molecular formula is C21H25N5O3. The molecule has 0 aliphatic carbocycles. The van der Waals surface area contributed by atoms with Gasteiger partial charge in [-0.05, 0) is 36.2 Å². The summed E-state index contributed by atoms with van der Waals surface area (Å²) in [6.07, 6.45) is 0. The van der Waals surface area contributed by atoms with Crippen LogP contribution in [-0.4, -0.2) is 27.1 Å². The number of amides is 3. The molecule has 0 spiro atoms. The third-order valence-electron chi connectivity index (χ3n) is 4.81. The van der Waals surface area contributed by atoms with E-state index in [0.29, 0.717) is 16.9 Å². The van der Waals surface area contributed by atoms with Gasteiger partial charge in [0.2, 0.25) is 5.91 Å². The van der Waals surface area contributed by atoms with Gasteiger partial charge in [0.05, 0.1) is 11.0 Å². The fourth-order valence-corrected chi connectivity index (χ4v) is 3.17. The lowest BCUT2D eigenvalue weighted by Crippen LogP contribution is -2.48. The van der Waals surface area contributed by atoms with Crippen molar-refractivity contribution in [3.8, 4) is 0 Å². The van der Waals surface area contributed by atoms with Crippen molar-refractivity contribution in [2.24, 2.45) is 20.0 Å². The number of anilines is 2. The van der Waals surface area contributed by atoms with E-state index in [1.807, 2.05) is 32.0 Å². The lowest BCUT2D eigenvalue weighted by molar-refractivity contribution is -0.118. The molecule has 0 saturated heterocycles. The Morgan fingerprint density at radius 3 is 2.17 bits per heavy atom.